The van der Waals surface area contributed by atoms with Crippen LogP contribution in [0.2, 0.25) is 0 Å². The molecule has 2 aliphatic rings. The lowest BCUT2D eigenvalue weighted by Gasteiger charge is -2.32. The fourth-order valence-electron chi connectivity index (χ4n) is 4.36. The Morgan fingerprint density at radius 1 is 1.00 bits per heavy atom. The second-order valence-corrected chi connectivity index (χ2v) is 8.77. The third-order valence-corrected chi connectivity index (χ3v) is 6.24. The van der Waals surface area contributed by atoms with E-state index in [1.165, 1.54) is 24.9 Å². The molecule has 2 aromatic rings. The molecule has 5 heteroatoms. The average molecular weight is 393 g/mol. The van der Waals surface area contributed by atoms with Crippen molar-refractivity contribution in [2.24, 2.45) is 11.8 Å². The summed E-state index contributed by atoms with van der Waals surface area (Å²) in [6.45, 7) is 8.52. The largest absolute Gasteiger partial charge is 0.372 e. The second-order valence-electron chi connectivity index (χ2n) is 8.77. The molecule has 1 N–H and O–H groups in total. The third-order valence-electron chi connectivity index (χ3n) is 6.24. The van der Waals surface area contributed by atoms with Crippen LogP contribution in [0.5, 0.6) is 0 Å². The van der Waals surface area contributed by atoms with Gasteiger partial charge in [-0.25, -0.2) is 4.98 Å². The smallest absolute Gasteiger partial charge is 0.254 e. The minimum Gasteiger partial charge on any atom is -0.372 e. The first-order valence-electron chi connectivity index (χ1n) is 11.0. The highest BCUT2D eigenvalue weighted by atomic mass is 16.2. The van der Waals surface area contributed by atoms with E-state index in [2.05, 4.69) is 53.3 Å². The van der Waals surface area contributed by atoms with Crippen LogP contribution in [-0.4, -0.2) is 42.0 Å². The van der Waals surface area contributed by atoms with Gasteiger partial charge in [0.2, 0.25) is 0 Å². The average Bonchev–Trinajstić information content (AvgIpc) is 2.75. The molecule has 1 atom stereocenters. The molecule has 5 nitrogen and oxygen atoms in total. The highest BCUT2D eigenvalue weighted by Crippen LogP contribution is 2.25. The SMILES string of the molecule is CC1CCN(c2ccc(Nc3cc(C(=O)N4CCCC(C)C4)ccn3)cc2)CC1. The van der Waals surface area contributed by atoms with Crippen molar-refractivity contribution in [3.63, 3.8) is 0 Å². The Balaban J connectivity index is 1.40. The number of rotatable bonds is 4. The molecule has 1 aromatic carbocycles. The second kappa shape index (κ2) is 8.85. The van der Waals surface area contributed by atoms with Crippen molar-refractivity contribution in [2.75, 3.05) is 36.4 Å². The number of piperidine rings is 2. The lowest BCUT2D eigenvalue weighted by atomic mass is 9.99. The lowest BCUT2D eigenvalue weighted by molar-refractivity contribution is 0.0683. The van der Waals surface area contributed by atoms with Crippen molar-refractivity contribution >= 4 is 23.1 Å². The Labute approximate surface area is 174 Å². The van der Waals surface area contributed by atoms with E-state index in [9.17, 15) is 4.79 Å². The normalized spacial score (nSPS) is 20.6. The van der Waals surface area contributed by atoms with Crippen LogP contribution in [0.4, 0.5) is 17.2 Å². The number of hydrogen-bond acceptors (Lipinski definition) is 4. The number of likely N-dealkylation sites (tertiary alicyclic amines) is 1. The number of carbonyl (C=O) groups excluding carboxylic acids is 1. The van der Waals surface area contributed by atoms with Gasteiger partial charge < -0.3 is 15.1 Å². The zero-order valence-corrected chi connectivity index (χ0v) is 17.6. The number of carbonyl (C=O) groups is 1. The van der Waals surface area contributed by atoms with E-state index in [-0.39, 0.29) is 5.91 Å². The summed E-state index contributed by atoms with van der Waals surface area (Å²) in [4.78, 5) is 21.7. The molecule has 1 aromatic heterocycles. The summed E-state index contributed by atoms with van der Waals surface area (Å²) in [5.41, 5.74) is 2.97. The topological polar surface area (TPSA) is 48.5 Å². The van der Waals surface area contributed by atoms with Crippen molar-refractivity contribution in [3.8, 4) is 0 Å². The van der Waals surface area contributed by atoms with Crippen LogP contribution in [0.3, 0.4) is 0 Å². The standard InChI is InChI=1S/C24H32N4O/c1-18-10-14-27(15-11-18)22-7-5-21(6-8-22)26-23-16-20(9-12-25-23)24(29)28-13-3-4-19(2)17-28/h5-9,12,16,18-19H,3-4,10-11,13-15,17H2,1-2H3,(H,25,26). The fraction of sp³-hybridized carbons (Fsp3) is 0.500. The molecule has 0 aliphatic carbocycles. The van der Waals surface area contributed by atoms with E-state index in [0.717, 1.165) is 44.2 Å². The van der Waals surface area contributed by atoms with Crippen LogP contribution in [0.1, 0.15) is 49.9 Å². The molecule has 2 fully saturated rings. The predicted octanol–water partition coefficient (Wildman–Crippen LogP) is 4.93. The van der Waals surface area contributed by atoms with Gasteiger partial charge in [0.15, 0.2) is 0 Å². The third kappa shape index (κ3) is 4.89. The van der Waals surface area contributed by atoms with Gasteiger partial charge in [0.1, 0.15) is 5.82 Å². The van der Waals surface area contributed by atoms with Gasteiger partial charge in [-0.1, -0.05) is 13.8 Å². The number of hydrogen-bond donors (Lipinski definition) is 1. The maximum atomic E-state index is 12.9. The van der Waals surface area contributed by atoms with Crippen LogP contribution in [0.15, 0.2) is 42.6 Å². The number of amides is 1. The molecule has 3 heterocycles. The lowest BCUT2D eigenvalue weighted by Crippen LogP contribution is -2.39. The summed E-state index contributed by atoms with van der Waals surface area (Å²) in [6.07, 6.45) is 6.54. The Hall–Kier alpha value is -2.56. The molecule has 2 saturated heterocycles. The van der Waals surface area contributed by atoms with Crippen LogP contribution in [0, 0.1) is 11.8 Å². The van der Waals surface area contributed by atoms with Crippen molar-refractivity contribution < 1.29 is 4.79 Å². The fourth-order valence-corrected chi connectivity index (χ4v) is 4.36. The minimum atomic E-state index is 0.108. The molecular weight excluding hydrogens is 360 g/mol. The zero-order chi connectivity index (χ0) is 20.2. The maximum absolute atomic E-state index is 12.9. The quantitative estimate of drug-likeness (QED) is 0.801. The molecule has 29 heavy (non-hydrogen) atoms. The van der Waals surface area contributed by atoms with E-state index < -0.39 is 0 Å². The zero-order valence-electron chi connectivity index (χ0n) is 17.6. The Morgan fingerprint density at radius 2 is 1.76 bits per heavy atom. The number of anilines is 3. The minimum absolute atomic E-state index is 0.108. The van der Waals surface area contributed by atoms with E-state index >= 15 is 0 Å². The van der Waals surface area contributed by atoms with E-state index in [4.69, 9.17) is 0 Å². The first-order valence-corrected chi connectivity index (χ1v) is 11.0. The van der Waals surface area contributed by atoms with Crippen LogP contribution < -0.4 is 10.2 Å². The molecule has 0 radical (unpaired) electrons. The molecule has 0 bridgehead atoms. The summed E-state index contributed by atoms with van der Waals surface area (Å²) >= 11 is 0. The summed E-state index contributed by atoms with van der Waals surface area (Å²) in [5, 5.41) is 3.35. The Kier molecular flexibility index (Phi) is 6.02. The number of aromatic nitrogens is 1. The van der Waals surface area contributed by atoms with Gasteiger partial charge in [-0.2, -0.15) is 0 Å². The highest BCUT2D eigenvalue weighted by molar-refractivity contribution is 5.95. The van der Waals surface area contributed by atoms with Crippen molar-refractivity contribution in [1.29, 1.82) is 0 Å². The molecule has 1 unspecified atom stereocenters. The highest BCUT2D eigenvalue weighted by Gasteiger charge is 2.22. The summed E-state index contributed by atoms with van der Waals surface area (Å²) in [7, 11) is 0. The van der Waals surface area contributed by atoms with Gasteiger partial charge in [-0.15, -0.1) is 0 Å². The van der Waals surface area contributed by atoms with E-state index in [1.807, 2.05) is 17.0 Å². The summed E-state index contributed by atoms with van der Waals surface area (Å²) in [5.74, 6) is 2.23. The molecule has 2 aliphatic heterocycles. The maximum Gasteiger partial charge on any atom is 0.254 e. The number of nitrogens with one attached hydrogen (secondary N) is 1. The monoisotopic (exact) mass is 392 g/mol. The van der Waals surface area contributed by atoms with Gasteiger partial charge in [0.05, 0.1) is 0 Å². The number of benzene rings is 1. The molecule has 0 spiro atoms. The van der Waals surface area contributed by atoms with Crippen molar-refractivity contribution in [3.05, 3.63) is 48.2 Å². The van der Waals surface area contributed by atoms with Gasteiger partial charge in [-0.05, 0) is 73.9 Å². The molecular formula is C24H32N4O. The number of nitrogens with zero attached hydrogens (tertiary/aromatic N) is 3. The Bertz CT molecular complexity index is 827. The van der Waals surface area contributed by atoms with Gasteiger partial charge >= 0.3 is 0 Å². The predicted molar refractivity (Wildman–Crippen MR) is 119 cm³/mol. The Morgan fingerprint density at radius 3 is 2.48 bits per heavy atom. The van der Waals surface area contributed by atoms with Crippen LogP contribution >= 0.6 is 0 Å². The first-order chi connectivity index (χ1) is 14.1. The molecule has 4 rings (SSSR count). The summed E-state index contributed by atoms with van der Waals surface area (Å²) in [6, 6.07) is 12.2. The number of pyridine rings is 1. The van der Waals surface area contributed by atoms with Crippen LogP contribution in [0.25, 0.3) is 0 Å². The van der Waals surface area contributed by atoms with E-state index in [0.29, 0.717) is 17.3 Å². The van der Waals surface area contributed by atoms with Crippen molar-refractivity contribution in [2.45, 2.75) is 39.5 Å². The van der Waals surface area contributed by atoms with Crippen molar-refractivity contribution in [1.82, 2.24) is 9.88 Å². The van der Waals surface area contributed by atoms with Crippen LogP contribution in [-0.2, 0) is 0 Å². The molecule has 0 saturated carbocycles. The van der Waals surface area contributed by atoms with Gasteiger partial charge in [0, 0.05) is 49.3 Å². The van der Waals surface area contributed by atoms with Gasteiger partial charge in [0.25, 0.3) is 5.91 Å². The first kappa shape index (κ1) is 19.7. The molecule has 154 valence electrons. The summed E-state index contributed by atoms with van der Waals surface area (Å²) < 4.78 is 0. The molecule has 1 amide bonds. The van der Waals surface area contributed by atoms with E-state index in [1.54, 1.807) is 6.20 Å². The van der Waals surface area contributed by atoms with Gasteiger partial charge in [-0.3, -0.25) is 4.79 Å².